The van der Waals surface area contributed by atoms with Crippen molar-refractivity contribution in [3.63, 3.8) is 0 Å². The minimum atomic E-state index is -4.44. The molecule has 0 aromatic heterocycles. The number of ether oxygens (including phenoxy) is 1. The third-order valence-corrected chi connectivity index (χ3v) is 11.0. The maximum atomic E-state index is 12.1. The molecular formula is C53H90NO8P. The van der Waals surface area contributed by atoms with E-state index in [0.717, 1.165) is 83.5 Å². The third-order valence-electron chi connectivity index (χ3n) is 10.00. The number of unbranched alkanes of at least 4 members (excludes halogenated alkanes) is 16. The summed E-state index contributed by atoms with van der Waals surface area (Å²) in [6.45, 7) is 3.36. The molecule has 1 amide bonds. The number of aliphatic hydroxyl groups excluding tert-OH is 1. The van der Waals surface area contributed by atoms with Crippen LogP contribution in [0.1, 0.15) is 194 Å². The van der Waals surface area contributed by atoms with Gasteiger partial charge in [-0.1, -0.05) is 182 Å². The van der Waals surface area contributed by atoms with Crippen molar-refractivity contribution < 1.29 is 37.9 Å². The van der Waals surface area contributed by atoms with Crippen molar-refractivity contribution in [2.45, 2.75) is 200 Å². The summed E-state index contributed by atoms with van der Waals surface area (Å²) in [5, 5.41) is 12.7. The van der Waals surface area contributed by atoms with Crippen molar-refractivity contribution in [1.82, 2.24) is 5.32 Å². The molecule has 3 N–H and O–H groups in total. The van der Waals surface area contributed by atoms with Gasteiger partial charge < -0.3 is 20.1 Å². The predicted molar refractivity (Wildman–Crippen MR) is 265 cm³/mol. The van der Waals surface area contributed by atoms with Crippen LogP contribution in [0.3, 0.4) is 0 Å². The molecule has 0 aliphatic rings. The Labute approximate surface area is 385 Å². The van der Waals surface area contributed by atoms with Gasteiger partial charge in [-0.3, -0.25) is 18.6 Å². The Morgan fingerprint density at radius 2 is 0.905 bits per heavy atom. The summed E-state index contributed by atoms with van der Waals surface area (Å²) >= 11 is 0. The Kier molecular flexibility index (Phi) is 46.0. The maximum Gasteiger partial charge on any atom is 0.472 e. The Bertz CT molecular complexity index is 1350. The molecule has 2 atom stereocenters. The molecule has 9 nitrogen and oxygen atoms in total. The van der Waals surface area contributed by atoms with E-state index in [1.165, 1.54) is 83.5 Å². The van der Waals surface area contributed by atoms with Gasteiger partial charge in [0, 0.05) is 19.4 Å². The molecule has 0 fully saturated rings. The molecule has 0 rings (SSSR count). The number of rotatable bonds is 45. The number of aliphatic hydroxyl groups is 1. The van der Waals surface area contributed by atoms with Crippen LogP contribution in [-0.2, 0) is 27.9 Å². The number of phosphoric ester groups is 1. The van der Waals surface area contributed by atoms with E-state index in [4.69, 9.17) is 13.8 Å². The summed E-state index contributed by atoms with van der Waals surface area (Å²) in [4.78, 5) is 34.0. The zero-order chi connectivity index (χ0) is 46.0. The van der Waals surface area contributed by atoms with Gasteiger partial charge in [-0.05, 0) is 96.3 Å². The lowest BCUT2D eigenvalue weighted by atomic mass is 10.0. The molecule has 0 aromatic carbocycles. The van der Waals surface area contributed by atoms with Crippen molar-refractivity contribution in [3.8, 4) is 0 Å². The molecule has 63 heavy (non-hydrogen) atoms. The average Bonchev–Trinajstić information content (AvgIpc) is 3.27. The normalized spacial score (nSPS) is 14.0. The van der Waals surface area contributed by atoms with Crippen molar-refractivity contribution in [1.29, 1.82) is 0 Å². The zero-order valence-electron chi connectivity index (χ0n) is 39.7. The second-order valence-corrected chi connectivity index (χ2v) is 17.5. The fraction of sp³-hybridized carbons (Fsp3) is 0.660. The lowest BCUT2D eigenvalue weighted by Crippen LogP contribution is -2.27. The number of carbonyl (C=O) groups is 2. The molecule has 0 bridgehead atoms. The van der Waals surface area contributed by atoms with Crippen molar-refractivity contribution >= 4 is 19.7 Å². The summed E-state index contributed by atoms with van der Waals surface area (Å²) in [5.74, 6) is -0.567. The predicted octanol–water partition coefficient (Wildman–Crippen LogP) is 14.6. The largest absolute Gasteiger partial charge is 0.472 e. The average molecular weight is 900 g/mol. The second-order valence-electron chi connectivity index (χ2n) is 16.0. The van der Waals surface area contributed by atoms with Gasteiger partial charge in [0.2, 0.25) is 5.91 Å². The number of carbonyl (C=O) groups excluding carboxylic acids is 2. The Morgan fingerprint density at radius 3 is 1.38 bits per heavy atom. The van der Waals surface area contributed by atoms with Gasteiger partial charge >= 0.3 is 13.8 Å². The maximum absolute atomic E-state index is 12.1. The molecule has 0 aliphatic heterocycles. The van der Waals surface area contributed by atoms with Gasteiger partial charge in [0.05, 0.1) is 13.2 Å². The third kappa shape index (κ3) is 49.8. The van der Waals surface area contributed by atoms with E-state index in [-0.39, 0.29) is 32.1 Å². The van der Waals surface area contributed by atoms with E-state index >= 15 is 0 Å². The van der Waals surface area contributed by atoms with E-state index in [1.54, 1.807) is 0 Å². The van der Waals surface area contributed by atoms with Gasteiger partial charge in [0.1, 0.15) is 12.7 Å². The molecule has 10 heteroatoms. The quantitative estimate of drug-likeness (QED) is 0.0238. The Balaban J connectivity index is 3.66. The number of nitrogens with one attached hydrogen (secondary N) is 1. The topological polar surface area (TPSA) is 131 Å². The number of allylic oxidation sites excluding steroid dienone is 16. The van der Waals surface area contributed by atoms with Crippen LogP contribution in [-0.4, -0.2) is 54.3 Å². The first-order valence-corrected chi connectivity index (χ1v) is 26.2. The van der Waals surface area contributed by atoms with Gasteiger partial charge in [-0.15, -0.1) is 0 Å². The van der Waals surface area contributed by atoms with E-state index in [9.17, 15) is 24.2 Å². The molecule has 2 unspecified atom stereocenters. The van der Waals surface area contributed by atoms with Crippen LogP contribution in [0.4, 0.5) is 0 Å². The molecule has 0 aromatic rings. The summed E-state index contributed by atoms with van der Waals surface area (Å²) in [6.07, 6.45) is 63.4. The van der Waals surface area contributed by atoms with Crippen LogP contribution < -0.4 is 5.32 Å². The highest BCUT2D eigenvalue weighted by atomic mass is 31.2. The van der Waals surface area contributed by atoms with E-state index in [1.807, 2.05) is 0 Å². The van der Waals surface area contributed by atoms with Crippen LogP contribution in [0.2, 0.25) is 0 Å². The molecule has 0 radical (unpaired) electrons. The SMILES string of the molecule is CC/C=C\C/C=C\C/C=C\C/C=C\C/C=C\C/C=C\CCCCC(=O)NCCOP(=O)(O)OCC(O)COC(=O)CCCCCCCCCCCCC/C=C\C/C=C\CCCCC. The number of phosphoric acid groups is 1. The van der Waals surface area contributed by atoms with Crippen LogP contribution in [0, 0.1) is 0 Å². The van der Waals surface area contributed by atoms with Crippen LogP contribution in [0.5, 0.6) is 0 Å². The lowest BCUT2D eigenvalue weighted by Gasteiger charge is -2.15. The second kappa shape index (κ2) is 48.4. The highest BCUT2D eigenvalue weighted by Gasteiger charge is 2.23. The molecule has 0 heterocycles. The molecule has 0 aliphatic carbocycles. The summed E-state index contributed by atoms with van der Waals surface area (Å²) in [7, 11) is -4.44. The molecular weight excluding hydrogens is 810 g/mol. The Morgan fingerprint density at radius 1 is 0.508 bits per heavy atom. The molecule has 360 valence electrons. The Hall–Kier alpha value is -3.07. The standard InChI is InChI=1S/C53H90NO8P/c1-3-5-7-9-11-13-15-17-19-21-23-25-27-29-31-33-35-37-39-41-43-45-52(56)54-47-48-61-63(58,59)62-50-51(55)49-60-53(57)46-44-42-40-38-36-34-32-30-28-26-24-22-20-18-16-14-12-10-8-6-4-2/h5,7,11-14,17-20,23,25,29,31,35,37,51,55H,3-4,6,8-10,15-16,21-22,24,26-28,30,32-34,36,38-50H2,1-2H3,(H,54,56)(H,58,59)/b7-5-,13-11-,14-12-,19-17-,20-18-,25-23-,31-29-,37-35-. The highest BCUT2D eigenvalue weighted by molar-refractivity contribution is 7.47. The van der Waals surface area contributed by atoms with Crippen molar-refractivity contribution in [2.24, 2.45) is 0 Å². The van der Waals surface area contributed by atoms with Crippen molar-refractivity contribution in [2.75, 3.05) is 26.4 Å². The molecule has 0 saturated carbocycles. The summed E-state index contributed by atoms with van der Waals surface area (Å²) < 4.78 is 27.0. The lowest BCUT2D eigenvalue weighted by molar-refractivity contribution is -0.147. The van der Waals surface area contributed by atoms with Crippen LogP contribution >= 0.6 is 7.82 Å². The first kappa shape index (κ1) is 59.9. The molecule has 0 spiro atoms. The summed E-state index contributed by atoms with van der Waals surface area (Å²) in [5.41, 5.74) is 0. The van der Waals surface area contributed by atoms with Gasteiger partial charge in [-0.25, -0.2) is 4.57 Å². The zero-order valence-corrected chi connectivity index (χ0v) is 40.6. The van der Waals surface area contributed by atoms with Crippen LogP contribution in [0.15, 0.2) is 97.2 Å². The molecule has 0 saturated heterocycles. The summed E-state index contributed by atoms with van der Waals surface area (Å²) in [6, 6.07) is 0. The van der Waals surface area contributed by atoms with E-state index in [2.05, 4.69) is 116 Å². The number of amides is 1. The minimum Gasteiger partial charge on any atom is -0.463 e. The smallest absolute Gasteiger partial charge is 0.463 e. The van der Waals surface area contributed by atoms with Crippen LogP contribution in [0.25, 0.3) is 0 Å². The van der Waals surface area contributed by atoms with Crippen molar-refractivity contribution in [3.05, 3.63) is 97.2 Å². The minimum absolute atomic E-state index is 0.0522. The van der Waals surface area contributed by atoms with Gasteiger partial charge in [-0.2, -0.15) is 0 Å². The van der Waals surface area contributed by atoms with Gasteiger partial charge in [0.15, 0.2) is 0 Å². The first-order chi connectivity index (χ1) is 30.8. The monoisotopic (exact) mass is 900 g/mol. The van der Waals surface area contributed by atoms with Gasteiger partial charge in [0.25, 0.3) is 0 Å². The number of esters is 1. The fourth-order valence-corrected chi connectivity index (χ4v) is 7.05. The fourth-order valence-electron chi connectivity index (χ4n) is 6.30. The van der Waals surface area contributed by atoms with E-state index < -0.39 is 26.5 Å². The van der Waals surface area contributed by atoms with E-state index in [0.29, 0.717) is 6.42 Å². The number of hydrogen-bond acceptors (Lipinski definition) is 7. The highest BCUT2D eigenvalue weighted by Crippen LogP contribution is 2.42. The first-order valence-electron chi connectivity index (χ1n) is 24.7. The number of hydrogen-bond donors (Lipinski definition) is 3.